The molecular weight excluding hydrogens is 278 g/mol. The predicted octanol–water partition coefficient (Wildman–Crippen LogP) is 2.24. The van der Waals surface area contributed by atoms with Gasteiger partial charge >= 0.3 is 0 Å². The van der Waals surface area contributed by atoms with Gasteiger partial charge in [-0.3, -0.25) is 20.2 Å². The van der Waals surface area contributed by atoms with E-state index in [-0.39, 0.29) is 23.1 Å². The third-order valence-electron chi connectivity index (χ3n) is 3.94. The molecule has 8 nitrogen and oxygen atoms in total. The number of nitro groups is 2. The molecule has 0 spiro atoms. The van der Waals surface area contributed by atoms with Gasteiger partial charge < -0.3 is 10.0 Å². The van der Waals surface area contributed by atoms with Crippen LogP contribution in [-0.4, -0.2) is 34.1 Å². The van der Waals surface area contributed by atoms with Crippen LogP contribution in [0.3, 0.4) is 0 Å². The summed E-state index contributed by atoms with van der Waals surface area (Å²) >= 11 is 0. The molecular formula is C13H17N3O5. The van der Waals surface area contributed by atoms with Crippen molar-refractivity contribution in [3.05, 3.63) is 38.4 Å². The molecule has 0 heterocycles. The molecule has 1 N–H and O–H groups in total. The van der Waals surface area contributed by atoms with E-state index < -0.39 is 16.0 Å². The molecule has 1 aliphatic rings. The van der Waals surface area contributed by atoms with Crippen LogP contribution in [-0.2, 0) is 0 Å². The van der Waals surface area contributed by atoms with Gasteiger partial charge in [-0.25, -0.2) is 0 Å². The van der Waals surface area contributed by atoms with Crippen LogP contribution in [0.4, 0.5) is 17.1 Å². The van der Waals surface area contributed by atoms with Gasteiger partial charge in [-0.2, -0.15) is 0 Å². The molecule has 0 aromatic heterocycles. The first-order valence-electron chi connectivity index (χ1n) is 6.75. The second-order valence-corrected chi connectivity index (χ2v) is 5.22. The lowest BCUT2D eigenvalue weighted by Crippen LogP contribution is -2.43. The van der Waals surface area contributed by atoms with Gasteiger partial charge in [-0.05, 0) is 18.9 Å². The summed E-state index contributed by atoms with van der Waals surface area (Å²) < 4.78 is 0. The molecule has 0 bridgehead atoms. The van der Waals surface area contributed by atoms with Crippen LogP contribution in [0.1, 0.15) is 25.7 Å². The molecule has 1 saturated carbocycles. The average molecular weight is 295 g/mol. The summed E-state index contributed by atoms with van der Waals surface area (Å²) in [7, 11) is 1.67. The first-order chi connectivity index (χ1) is 9.91. The third kappa shape index (κ3) is 3.10. The Morgan fingerprint density at radius 1 is 1.19 bits per heavy atom. The highest BCUT2D eigenvalue weighted by atomic mass is 16.6. The Bertz CT molecular complexity index is 563. The fraction of sp³-hybridized carbons (Fsp3) is 0.538. The Kier molecular flexibility index (Phi) is 4.37. The molecule has 1 aliphatic carbocycles. The van der Waals surface area contributed by atoms with Gasteiger partial charge in [0.15, 0.2) is 0 Å². The van der Waals surface area contributed by atoms with E-state index in [1.165, 1.54) is 12.1 Å². The molecule has 0 radical (unpaired) electrons. The highest BCUT2D eigenvalue weighted by molar-refractivity contribution is 5.67. The van der Waals surface area contributed by atoms with Crippen molar-refractivity contribution in [1.29, 1.82) is 0 Å². The van der Waals surface area contributed by atoms with Crippen molar-refractivity contribution in [3.8, 4) is 0 Å². The van der Waals surface area contributed by atoms with Gasteiger partial charge in [0.2, 0.25) is 0 Å². The maximum atomic E-state index is 11.2. The number of non-ortho nitro benzene ring substituents is 1. The minimum atomic E-state index is -0.660. The van der Waals surface area contributed by atoms with Crippen LogP contribution in [0, 0.1) is 20.2 Å². The summed E-state index contributed by atoms with van der Waals surface area (Å²) in [4.78, 5) is 22.3. The molecule has 2 unspecified atom stereocenters. The number of anilines is 1. The Balaban J connectivity index is 2.37. The maximum Gasteiger partial charge on any atom is 0.299 e. The predicted molar refractivity (Wildman–Crippen MR) is 76.4 cm³/mol. The fourth-order valence-electron chi connectivity index (χ4n) is 2.79. The largest absolute Gasteiger partial charge is 0.391 e. The van der Waals surface area contributed by atoms with Crippen LogP contribution in [0.2, 0.25) is 0 Å². The number of likely N-dealkylation sites (N-methyl/N-ethyl adjacent to an activating group) is 1. The lowest BCUT2D eigenvalue weighted by molar-refractivity contribution is -0.393. The summed E-state index contributed by atoms with van der Waals surface area (Å²) in [6, 6.07) is 3.37. The quantitative estimate of drug-likeness (QED) is 0.673. The Morgan fingerprint density at radius 2 is 1.86 bits per heavy atom. The number of hydrogen-bond donors (Lipinski definition) is 1. The minimum absolute atomic E-state index is 0.209. The zero-order chi connectivity index (χ0) is 15.6. The highest BCUT2D eigenvalue weighted by Gasteiger charge is 2.31. The summed E-state index contributed by atoms with van der Waals surface area (Å²) in [5, 5.41) is 32.0. The van der Waals surface area contributed by atoms with E-state index in [1.807, 2.05) is 0 Å². The SMILES string of the molecule is CN(c1ccc([N+](=O)[O-])cc1[N+](=O)[O-])C1CCCCC1O. The Labute approximate surface area is 121 Å². The average Bonchev–Trinajstić information content (AvgIpc) is 2.46. The molecule has 1 fully saturated rings. The monoisotopic (exact) mass is 295 g/mol. The number of aliphatic hydroxyl groups excluding tert-OH is 1. The standard InChI is InChI=1S/C13H17N3O5/c1-14(11-4-2-3-5-13(11)17)10-7-6-9(15(18)19)8-12(10)16(20)21/h6-8,11,13,17H,2-5H2,1H3. The van der Waals surface area contributed by atoms with Gasteiger partial charge in [0.1, 0.15) is 5.69 Å². The van der Waals surface area contributed by atoms with Crippen molar-refractivity contribution in [2.24, 2.45) is 0 Å². The molecule has 114 valence electrons. The molecule has 2 rings (SSSR count). The molecule has 21 heavy (non-hydrogen) atoms. The van der Waals surface area contributed by atoms with Gasteiger partial charge in [0, 0.05) is 13.1 Å². The van der Waals surface area contributed by atoms with Crippen LogP contribution in [0.15, 0.2) is 18.2 Å². The van der Waals surface area contributed by atoms with E-state index >= 15 is 0 Å². The van der Waals surface area contributed by atoms with Gasteiger partial charge in [0.05, 0.1) is 28.1 Å². The number of benzene rings is 1. The highest BCUT2D eigenvalue weighted by Crippen LogP contribution is 2.35. The maximum absolute atomic E-state index is 11.2. The number of hydrogen-bond acceptors (Lipinski definition) is 6. The fourth-order valence-corrected chi connectivity index (χ4v) is 2.79. The van der Waals surface area contributed by atoms with Crippen molar-refractivity contribution in [3.63, 3.8) is 0 Å². The second kappa shape index (κ2) is 6.04. The normalized spacial score (nSPS) is 21.8. The third-order valence-corrected chi connectivity index (χ3v) is 3.94. The van der Waals surface area contributed by atoms with Gasteiger partial charge in [0.25, 0.3) is 11.4 Å². The minimum Gasteiger partial charge on any atom is -0.391 e. The molecule has 0 aliphatic heterocycles. The molecule has 1 aromatic rings. The smallest absolute Gasteiger partial charge is 0.299 e. The van der Waals surface area contributed by atoms with Crippen LogP contribution < -0.4 is 4.90 Å². The van der Waals surface area contributed by atoms with Crippen LogP contribution in [0.25, 0.3) is 0 Å². The summed E-state index contributed by atoms with van der Waals surface area (Å²) in [5.41, 5.74) is -0.343. The van der Waals surface area contributed by atoms with Gasteiger partial charge in [-0.15, -0.1) is 0 Å². The Hall–Kier alpha value is -2.22. The molecule has 8 heteroatoms. The van der Waals surface area contributed by atoms with Crippen molar-refractivity contribution in [2.45, 2.75) is 37.8 Å². The van der Waals surface area contributed by atoms with Crippen molar-refractivity contribution in [1.82, 2.24) is 0 Å². The number of rotatable bonds is 4. The van der Waals surface area contributed by atoms with Crippen molar-refractivity contribution >= 4 is 17.1 Å². The van der Waals surface area contributed by atoms with E-state index in [0.29, 0.717) is 6.42 Å². The summed E-state index contributed by atoms with van der Waals surface area (Å²) in [5.74, 6) is 0. The molecule has 1 aromatic carbocycles. The second-order valence-electron chi connectivity index (χ2n) is 5.22. The topological polar surface area (TPSA) is 110 Å². The lowest BCUT2D eigenvalue weighted by Gasteiger charge is -2.36. The van der Waals surface area contributed by atoms with Crippen molar-refractivity contribution in [2.75, 3.05) is 11.9 Å². The zero-order valence-electron chi connectivity index (χ0n) is 11.6. The van der Waals surface area contributed by atoms with Crippen molar-refractivity contribution < 1.29 is 15.0 Å². The van der Waals surface area contributed by atoms with E-state index in [0.717, 1.165) is 25.3 Å². The van der Waals surface area contributed by atoms with E-state index in [4.69, 9.17) is 0 Å². The van der Waals surface area contributed by atoms with Crippen LogP contribution >= 0.6 is 0 Å². The van der Waals surface area contributed by atoms with E-state index in [2.05, 4.69) is 0 Å². The zero-order valence-corrected chi connectivity index (χ0v) is 11.6. The lowest BCUT2D eigenvalue weighted by atomic mass is 9.91. The number of nitro benzene ring substituents is 2. The summed E-state index contributed by atoms with van der Waals surface area (Å²) in [6.45, 7) is 0. The molecule has 2 atom stereocenters. The first-order valence-corrected chi connectivity index (χ1v) is 6.75. The van der Waals surface area contributed by atoms with E-state index in [1.54, 1.807) is 11.9 Å². The van der Waals surface area contributed by atoms with E-state index in [9.17, 15) is 25.3 Å². The van der Waals surface area contributed by atoms with Crippen LogP contribution in [0.5, 0.6) is 0 Å². The molecule has 0 saturated heterocycles. The summed E-state index contributed by atoms with van der Waals surface area (Å²) in [6.07, 6.45) is 2.75. The Morgan fingerprint density at radius 3 is 2.43 bits per heavy atom. The molecule has 0 amide bonds. The number of aliphatic hydroxyl groups is 1. The van der Waals surface area contributed by atoms with Gasteiger partial charge in [-0.1, -0.05) is 12.8 Å². The number of nitrogens with zero attached hydrogens (tertiary/aromatic N) is 3. The first kappa shape index (κ1) is 15.2.